The van der Waals surface area contributed by atoms with Crippen molar-refractivity contribution in [2.75, 3.05) is 23.7 Å². The van der Waals surface area contributed by atoms with Crippen LogP contribution >= 0.6 is 11.3 Å². The summed E-state index contributed by atoms with van der Waals surface area (Å²) in [6.45, 7) is 10.6. The van der Waals surface area contributed by atoms with Crippen molar-refractivity contribution in [1.82, 2.24) is 29.4 Å². The minimum Gasteiger partial charge on any atom is -0.367 e. The number of benzene rings is 1. The van der Waals surface area contributed by atoms with Gasteiger partial charge >= 0.3 is 0 Å². The van der Waals surface area contributed by atoms with Crippen LogP contribution in [0.25, 0.3) is 27.6 Å². The van der Waals surface area contributed by atoms with Crippen molar-refractivity contribution in [3.63, 3.8) is 0 Å². The van der Waals surface area contributed by atoms with Crippen molar-refractivity contribution in [3.05, 3.63) is 59.7 Å². The highest BCUT2D eigenvalue weighted by atomic mass is 32.1. The molecule has 180 valence electrons. The van der Waals surface area contributed by atoms with Crippen LogP contribution in [0.3, 0.4) is 0 Å². The maximum atomic E-state index is 4.85. The number of nitrogens with zero attached hydrogens (tertiary/aromatic N) is 6. The van der Waals surface area contributed by atoms with Gasteiger partial charge in [0.1, 0.15) is 12.1 Å². The van der Waals surface area contributed by atoms with Gasteiger partial charge in [-0.3, -0.25) is 9.47 Å². The molecule has 0 atom stereocenters. The average molecular weight is 487 g/mol. The average Bonchev–Trinajstić information content (AvgIpc) is 3.51. The van der Waals surface area contributed by atoms with E-state index in [1.807, 2.05) is 34.2 Å². The molecule has 5 rings (SSSR count). The molecule has 0 saturated heterocycles. The number of nitrogens with one attached hydrogen (secondary N) is 2. The Kier molecular flexibility index (Phi) is 6.61. The van der Waals surface area contributed by atoms with Gasteiger partial charge in [-0.25, -0.2) is 9.97 Å². The minimum absolute atomic E-state index is 0.467. The number of imidazole rings is 1. The lowest BCUT2D eigenvalue weighted by molar-refractivity contribution is 0.182. The van der Waals surface area contributed by atoms with Crippen LogP contribution in [0.2, 0.25) is 0 Å². The molecule has 0 aliphatic rings. The second-order valence-corrected chi connectivity index (χ2v) is 9.80. The standard InChI is InChI=1S/C26H30N8S/c1-17(2)33(18(3)4)13-12-28-24-22-25(34(16-29-22)20-10-14-35-15-20)32-26(31-24)30-23-21-8-6-5-7-19(21)9-11-27-23/h5-11,14-18H,12-13H2,1-4H3,(H2,27,28,30,31,32). The second-order valence-electron chi connectivity index (χ2n) is 9.02. The number of thiophene rings is 1. The molecule has 0 unspecified atom stereocenters. The van der Waals surface area contributed by atoms with Gasteiger partial charge in [0, 0.05) is 42.1 Å². The molecule has 4 aromatic heterocycles. The summed E-state index contributed by atoms with van der Waals surface area (Å²) in [5.74, 6) is 1.91. The van der Waals surface area contributed by atoms with Crippen molar-refractivity contribution in [3.8, 4) is 5.69 Å². The van der Waals surface area contributed by atoms with Gasteiger partial charge in [0.2, 0.25) is 5.95 Å². The summed E-state index contributed by atoms with van der Waals surface area (Å²) in [7, 11) is 0. The van der Waals surface area contributed by atoms with E-state index in [1.54, 1.807) is 23.9 Å². The predicted octanol–water partition coefficient (Wildman–Crippen LogP) is 5.70. The smallest absolute Gasteiger partial charge is 0.232 e. The first-order valence-electron chi connectivity index (χ1n) is 11.9. The van der Waals surface area contributed by atoms with Gasteiger partial charge < -0.3 is 10.6 Å². The maximum absolute atomic E-state index is 4.85. The van der Waals surface area contributed by atoms with Crippen LogP contribution in [-0.4, -0.2) is 54.6 Å². The molecule has 1 aromatic carbocycles. The minimum atomic E-state index is 0.467. The number of pyridine rings is 1. The lowest BCUT2D eigenvalue weighted by atomic mass is 10.1. The van der Waals surface area contributed by atoms with Gasteiger partial charge in [-0.2, -0.15) is 21.3 Å². The highest BCUT2D eigenvalue weighted by Crippen LogP contribution is 2.27. The fourth-order valence-corrected chi connectivity index (χ4v) is 5.03. The normalized spacial score (nSPS) is 11.9. The van der Waals surface area contributed by atoms with Gasteiger partial charge in [0.25, 0.3) is 0 Å². The van der Waals surface area contributed by atoms with Crippen LogP contribution in [0.4, 0.5) is 17.6 Å². The summed E-state index contributed by atoms with van der Waals surface area (Å²) in [6, 6.07) is 13.1. The van der Waals surface area contributed by atoms with E-state index in [0.29, 0.717) is 23.8 Å². The Morgan fingerprint density at radius 2 is 1.80 bits per heavy atom. The third kappa shape index (κ3) is 4.82. The van der Waals surface area contributed by atoms with Crippen LogP contribution in [0.5, 0.6) is 0 Å². The number of hydrogen-bond acceptors (Lipinski definition) is 8. The zero-order valence-electron chi connectivity index (χ0n) is 20.4. The number of rotatable bonds is 9. The van der Waals surface area contributed by atoms with Crippen molar-refractivity contribution in [1.29, 1.82) is 0 Å². The molecule has 5 aromatic rings. The molecule has 0 spiro atoms. The quantitative estimate of drug-likeness (QED) is 0.276. The van der Waals surface area contributed by atoms with Crippen molar-refractivity contribution < 1.29 is 0 Å². The molecule has 0 fully saturated rings. The fraction of sp³-hybridized carbons (Fsp3) is 0.308. The molecular formula is C26H30N8S. The van der Waals surface area contributed by atoms with Gasteiger partial charge in [-0.05, 0) is 50.6 Å². The zero-order chi connectivity index (χ0) is 24.4. The Morgan fingerprint density at radius 1 is 0.971 bits per heavy atom. The molecule has 4 heterocycles. The van der Waals surface area contributed by atoms with E-state index in [4.69, 9.17) is 9.97 Å². The van der Waals surface area contributed by atoms with Crippen molar-refractivity contribution >= 4 is 50.9 Å². The van der Waals surface area contributed by atoms with Gasteiger partial charge in [0.15, 0.2) is 17.0 Å². The fourth-order valence-electron chi connectivity index (χ4n) is 4.40. The zero-order valence-corrected chi connectivity index (χ0v) is 21.3. The number of aromatic nitrogens is 5. The molecule has 0 radical (unpaired) electrons. The van der Waals surface area contributed by atoms with E-state index in [2.05, 4.69) is 70.7 Å². The third-order valence-electron chi connectivity index (χ3n) is 6.07. The van der Waals surface area contributed by atoms with Crippen molar-refractivity contribution in [2.24, 2.45) is 0 Å². The molecule has 0 bridgehead atoms. The number of fused-ring (bicyclic) bond motifs is 2. The summed E-state index contributed by atoms with van der Waals surface area (Å²) in [5.41, 5.74) is 2.52. The summed E-state index contributed by atoms with van der Waals surface area (Å²) >= 11 is 1.64. The molecule has 35 heavy (non-hydrogen) atoms. The Labute approximate surface area is 209 Å². The molecule has 2 N–H and O–H groups in total. The van der Waals surface area contributed by atoms with Gasteiger partial charge in [-0.15, -0.1) is 0 Å². The van der Waals surface area contributed by atoms with E-state index in [0.717, 1.165) is 46.5 Å². The van der Waals surface area contributed by atoms with Crippen LogP contribution in [0, 0.1) is 0 Å². The predicted molar refractivity (Wildman–Crippen MR) is 145 cm³/mol. The maximum Gasteiger partial charge on any atom is 0.232 e. The summed E-state index contributed by atoms with van der Waals surface area (Å²) < 4.78 is 1.99. The van der Waals surface area contributed by atoms with E-state index < -0.39 is 0 Å². The molecule has 9 heteroatoms. The lowest BCUT2D eigenvalue weighted by Gasteiger charge is -2.30. The molecule has 0 aliphatic carbocycles. The second kappa shape index (κ2) is 9.97. The van der Waals surface area contributed by atoms with Crippen LogP contribution in [0.15, 0.2) is 59.7 Å². The Balaban J connectivity index is 1.52. The first-order valence-corrected chi connectivity index (χ1v) is 12.8. The highest BCUT2D eigenvalue weighted by Gasteiger charge is 2.17. The third-order valence-corrected chi connectivity index (χ3v) is 6.74. The monoisotopic (exact) mass is 486 g/mol. The van der Waals surface area contributed by atoms with E-state index in [-0.39, 0.29) is 0 Å². The lowest BCUT2D eigenvalue weighted by Crippen LogP contribution is -2.40. The number of anilines is 3. The highest BCUT2D eigenvalue weighted by molar-refractivity contribution is 7.08. The van der Waals surface area contributed by atoms with Gasteiger partial charge in [-0.1, -0.05) is 24.3 Å². The van der Waals surface area contributed by atoms with E-state index in [9.17, 15) is 0 Å². The Bertz CT molecular complexity index is 1410. The molecule has 8 nitrogen and oxygen atoms in total. The molecular weight excluding hydrogens is 456 g/mol. The summed E-state index contributed by atoms with van der Waals surface area (Å²) in [6.07, 6.45) is 3.60. The Hall–Kier alpha value is -3.56. The first kappa shape index (κ1) is 23.2. The first-order chi connectivity index (χ1) is 17.0. The largest absolute Gasteiger partial charge is 0.367 e. The molecule has 0 amide bonds. The van der Waals surface area contributed by atoms with E-state index in [1.165, 1.54) is 0 Å². The molecule has 0 aliphatic heterocycles. The van der Waals surface area contributed by atoms with Crippen LogP contribution in [0.1, 0.15) is 27.7 Å². The van der Waals surface area contributed by atoms with E-state index >= 15 is 0 Å². The summed E-state index contributed by atoms with van der Waals surface area (Å²) in [5, 5.41) is 13.1. The molecule has 0 saturated carbocycles. The van der Waals surface area contributed by atoms with Crippen molar-refractivity contribution in [2.45, 2.75) is 39.8 Å². The SMILES string of the molecule is CC(C)N(CCNc1nc(Nc2nccc3ccccc23)nc2c1ncn2-c1ccsc1)C(C)C. The Morgan fingerprint density at radius 3 is 2.57 bits per heavy atom. The number of hydrogen-bond donors (Lipinski definition) is 2. The van der Waals surface area contributed by atoms with Crippen LogP contribution in [-0.2, 0) is 0 Å². The topological polar surface area (TPSA) is 83.8 Å². The summed E-state index contributed by atoms with van der Waals surface area (Å²) in [4.78, 5) is 21.3. The van der Waals surface area contributed by atoms with Gasteiger partial charge in [0.05, 0.1) is 5.69 Å². The van der Waals surface area contributed by atoms with Crippen LogP contribution < -0.4 is 10.6 Å².